The van der Waals surface area contributed by atoms with Crippen molar-refractivity contribution in [1.82, 2.24) is 4.57 Å². The lowest BCUT2D eigenvalue weighted by Gasteiger charge is -2.13. The first kappa shape index (κ1) is 18.8. The fraction of sp³-hybridized carbons (Fsp3) is 0.238. The molecule has 3 aromatic rings. The maximum atomic E-state index is 12.4. The van der Waals surface area contributed by atoms with E-state index in [9.17, 15) is 4.79 Å². The quantitative estimate of drug-likeness (QED) is 0.623. The molecule has 0 spiro atoms. The minimum atomic E-state index is 0.0123. The van der Waals surface area contributed by atoms with Crippen LogP contribution in [-0.2, 0) is 13.2 Å². The van der Waals surface area contributed by atoms with Crippen LogP contribution in [0.5, 0.6) is 11.5 Å². The Morgan fingerprint density at radius 2 is 2.07 bits per heavy atom. The van der Waals surface area contributed by atoms with Crippen LogP contribution in [0.25, 0.3) is 6.08 Å². The molecule has 0 unspecified atom stereocenters. The van der Waals surface area contributed by atoms with E-state index in [4.69, 9.17) is 21.1 Å². The zero-order chi connectivity index (χ0) is 19.5. The number of benzene rings is 2. The summed E-state index contributed by atoms with van der Waals surface area (Å²) in [6.07, 6.45) is 1.87. The third-order valence-electron chi connectivity index (χ3n) is 4.37. The molecule has 0 aliphatic carbocycles. The van der Waals surface area contributed by atoms with E-state index in [2.05, 4.69) is 4.99 Å². The maximum absolute atomic E-state index is 12.4. The largest absolute Gasteiger partial charge is 0.490 e. The number of fused-ring (bicyclic) bond motifs is 1. The molecule has 144 valence electrons. The van der Waals surface area contributed by atoms with Crippen LogP contribution in [0.2, 0.25) is 5.02 Å². The van der Waals surface area contributed by atoms with Crippen LogP contribution >= 0.6 is 22.9 Å². The zero-order valence-electron chi connectivity index (χ0n) is 15.4. The van der Waals surface area contributed by atoms with Crippen LogP contribution in [0.3, 0.4) is 0 Å². The Balaban J connectivity index is 1.63. The Morgan fingerprint density at radius 1 is 1.21 bits per heavy atom. The second-order valence-electron chi connectivity index (χ2n) is 6.25. The smallest absolute Gasteiger partial charge is 0.270 e. The van der Waals surface area contributed by atoms with Gasteiger partial charge in [0.1, 0.15) is 6.61 Å². The molecule has 0 atom stereocenters. The van der Waals surface area contributed by atoms with E-state index in [1.54, 1.807) is 4.57 Å². The van der Waals surface area contributed by atoms with Gasteiger partial charge in [-0.3, -0.25) is 14.4 Å². The van der Waals surface area contributed by atoms with Gasteiger partial charge >= 0.3 is 0 Å². The van der Waals surface area contributed by atoms with Gasteiger partial charge < -0.3 is 9.47 Å². The van der Waals surface area contributed by atoms with Gasteiger partial charge in [-0.05, 0) is 36.8 Å². The fourth-order valence-corrected chi connectivity index (χ4v) is 4.21. The van der Waals surface area contributed by atoms with Crippen molar-refractivity contribution >= 4 is 29.0 Å². The van der Waals surface area contributed by atoms with Crippen molar-refractivity contribution < 1.29 is 9.47 Å². The van der Waals surface area contributed by atoms with E-state index >= 15 is 0 Å². The minimum absolute atomic E-state index is 0.0123. The number of aromatic nitrogens is 1. The topological polar surface area (TPSA) is 52.8 Å². The second-order valence-corrected chi connectivity index (χ2v) is 7.67. The summed E-state index contributed by atoms with van der Waals surface area (Å²) in [6, 6.07) is 13.2. The van der Waals surface area contributed by atoms with Crippen LogP contribution in [0.4, 0.5) is 0 Å². The maximum Gasteiger partial charge on any atom is 0.270 e. The van der Waals surface area contributed by atoms with Gasteiger partial charge in [0.2, 0.25) is 0 Å². The van der Waals surface area contributed by atoms with Crippen LogP contribution in [0.15, 0.2) is 52.3 Å². The van der Waals surface area contributed by atoms with Crippen LogP contribution in [-0.4, -0.2) is 17.7 Å². The van der Waals surface area contributed by atoms with Gasteiger partial charge in [0.05, 0.1) is 17.7 Å². The van der Waals surface area contributed by atoms with Crippen LogP contribution in [0, 0.1) is 0 Å². The highest BCUT2D eigenvalue weighted by atomic mass is 35.5. The monoisotopic (exact) mass is 414 g/mol. The Kier molecular flexibility index (Phi) is 5.50. The summed E-state index contributed by atoms with van der Waals surface area (Å²) in [4.78, 5) is 17.6. The summed E-state index contributed by atoms with van der Waals surface area (Å²) in [5, 5.41) is 0.669. The molecule has 2 heterocycles. The number of hydrogen-bond acceptors (Lipinski definition) is 5. The Bertz CT molecular complexity index is 1180. The van der Waals surface area contributed by atoms with Crippen molar-refractivity contribution in [3.05, 3.63) is 78.3 Å². The van der Waals surface area contributed by atoms with Crippen molar-refractivity contribution in [2.24, 2.45) is 4.99 Å². The zero-order valence-corrected chi connectivity index (χ0v) is 16.9. The van der Waals surface area contributed by atoms with E-state index in [0.29, 0.717) is 47.4 Å². The lowest BCUT2D eigenvalue weighted by molar-refractivity contribution is 0.269. The average molecular weight is 415 g/mol. The molecule has 1 aliphatic heterocycles. The normalized spacial score (nSPS) is 13.3. The first-order chi connectivity index (χ1) is 13.7. The third-order valence-corrected chi connectivity index (χ3v) is 5.78. The number of rotatable bonds is 6. The molecule has 0 bridgehead atoms. The number of ether oxygens (including phenoxy) is 2. The van der Waals surface area contributed by atoms with E-state index in [-0.39, 0.29) is 5.56 Å². The first-order valence-electron chi connectivity index (χ1n) is 9.04. The number of halogens is 1. The van der Waals surface area contributed by atoms with Gasteiger partial charge in [0, 0.05) is 17.1 Å². The number of nitrogens with zero attached hydrogens (tertiary/aromatic N) is 2. The Hall–Kier alpha value is -2.57. The van der Waals surface area contributed by atoms with Crippen molar-refractivity contribution in [2.45, 2.75) is 20.1 Å². The molecular formula is C21H19ClN2O3S. The highest BCUT2D eigenvalue weighted by molar-refractivity contribution is 7.07. The summed E-state index contributed by atoms with van der Waals surface area (Å²) in [6.45, 7) is 4.14. The summed E-state index contributed by atoms with van der Waals surface area (Å²) in [5.74, 6) is 1.27. The van der Waals surface area contributed by atoms with E-state index < -0.39 is 0 Å². The predicted molar refractivity (Wildman–Crippen MR) is 111 cm³/mol. The van der Waals surface area contributed by atoms with Crippen LogP contribution in [0.1, 0.15) is 18.1 Å². The predicted octanol–water partition coefficient (Wildman–Crippen LogP) is 3.00. The average Bonchev–Trinajstić information content (AvgIpc) is 3.26. The highest BCUT2D eigenvalue weighted by Gasteiger charge is 2.11. The second kappa shape index (κ2) is 8.20. The molecule has 0 saturated heterocycles. The number of hydrogen-bond donors (Lipinski definition) is 0. The molecule has 0 fully saturated rings. The lowest BCUT2D eigenvalue weighted by atomic mass is 10.2. The molecular weight excluding hydrogens is 396 g/mol. The molecule has 1 aromatic heterocycles. The van der Waals surface area contributed by atoms with E-state index in [1.807, 2.05) is 55.5 Å². The van der Waals surface area contributed by atoms with Gasteiger partial charge in [-0.15, -0.1) is 0 Å². The van der Waals surface area contributed by atoms with Crippen molar-refractivity contribution in [3.8, 4) is 11.5 Å². The molecule has 0 radical (unpaired) electrons. The highest BCUT2D eigenvalue weighted by Crippen LogP contribution is 2.30. The van der Waals surface area contributed by atoms with Gasteiger partial charge in [0.15, 0.2) is 16.3 Å². The first-order valence-corrected chi connectivity index (χ1v) is 10.2. The van der Waals surface area contributed by atoms with E-state index in [0.717, 1.165) is 15.9 Å². The van der Waals surface area contributed by atoms with Gasteiger partial charge in [-0.2, -0.15) is 0 Å². The molecule has 4 rings (SSSR count). The molecule has 7 heteroatoms. The lowest BCUT2D eigenvalue weighted by Crippen LogP contribution is -2.29. The van der Waals surface area contributed by atoms with Crippen molar-refractivity contribution in [3.63, 3.8) is 0 Å². The molecule has 0 amide bonds. The molecule has 5 nitrogen and oxygen atoms in total. The standard InChI is InChI=1S/C21H19ClN2O3S/c1-2-26-18-11-14(12-19-20(25)24-10-9-23-21(24)28-19)7-8-17(18)27-13-15-5-3-4-6-16(15)22/h3-8,11-12H,2,9-10,13H2,1H3/b19-12-. The summed E-state index contributed by atoms with van der Waals surface area (Å²) in [7, 11) is 0. The van der Waals surface area contributed by atoms with Crippen molar-refractivity contribution in [2.75, 3.05) is 13.2 Å². The molecule has 0 N–H and O–H groups in total. The van der Waals surface area contributed by atoms with Gasteiger partial charge in [-0.1, -0.05) is 47.2 Å². The van der Waals surface area contributed by atoms with Crippen LogP contribution < -0.4 is 24.4 Å². The SMILES string of the molecule is CCOc1cc(/C=c2\sc3n(c2=O)CCN=3)ccc1OCc1ccccc1Cl. The number of thiazole rings is 1. The Labute approximate surface area is 171 Å². The summed E-state index contributed by atoms with van der Waals surface area (Å²) < 4.78 is 14.1. The van der Waals surface area contributed by atoms with Crippen molar-refractivity contribution in [1.29, 1.82) is 0 Å². The fourth-order valence-electron chi connectivity index (χ4n) is 2.99. The molecule has 2 aromatic carbocycles. The van der Waals surface area contributed by atoms with Gasteiger partial charge in [0.25, 0.3) is 5.56 Å². The molecule has 1 aliphatic rings. The van der Waals surface area contributed by atoms with Gasteiger partial charge in [-0.25, -0.2) is 0 Å². The molecule has 0 saturated carbocycles. The third kappa shape index (κ3) is 3.84. The summed E-state index contributed by atoms with van der Waals surface area (Å²) >= 11 is 7.62. The molecule has 28 heavy (non-hydrogen) atoms. The minimum Gasteiger partial charge on any atom is -0.490 e. The summed E-state index contributed by atoms with van der Waals surface area (Å²) in [5.41, 5.74) is 1.80. The Morgan fingerprint density at radius 3 is 2.86 bits per heavy atom. The van der Waals surface area contributed by atoms with E-state index in [1.165, 1.54) is 11.3 Å².